The largest absolute Gasteiger partial charge is 1.00 e. The monoisotopic (exact) mass is 400 g/mol. The smallest absolute Gasteiger partial charge is 0.413 e. The normalized spacial score (nSPS) is 15.0. The van der Waals surface area contributed by atoms with E-state index in [0.29, 0.717) is 13.1 Å². The van der Waals surface area contributed by atoms with Gasteiger partial charge in [-0.15, -0.1) is 4.57 Å². The fraction of sp³-hybridized carbons (Fsp3) is 0.429. The maximum atomic E-state index is 12.0. The molecule has 0 saturated carbocycles. The first-order chi connectivity index (χ1) is 11.2. The highest BCUT2D eigenvalue weighted by Gasteiger charge is 2.23. The van der Waals surface area contributed by atoms with Crippen LogP contribution in [0.5, 0.6) is 0 Å². The predicted octanol–water partition coefficient (Wildman–Crippen LogP) is -3.14. The molecule has 0 atom stereocenters. The van der Waals surface area contributed by atoms with E-state index >= 15 is 0 Å². The highest BCUT2D eigenvalue weighted by atomic mass is 79.9. The average molecular weight is 401 g/mol. The summed E-state index contributed by atoms with van der Waals surface area (Å²) in [5.74, 6) is 0. The van der Waals surface area contributed by atoms with Crippen LogP contribution in [0.3, 0.4) is 0 Å². The Morgan fingerprint density at radius 2 is 1.79 bits per heavy atom. The number of nitrogens with one attached hydrogen (secondary N) is 2. The van der Waals surface area contributed by atoms with Crippen LogP contribution in [0.2, 0.25) is 0 Å². The van der Waals surface area contributed by atoms with Gasteiger partial charge >= 0.3 is 12.1 Å². The SMILES string of the molecule is O=C1NCCc2c[n+](CCF)cn21.O=C1NCCc2cncn21.[Br-]. The lowest BCUT2D eigenvalue weighted by Gasteiger charge is -2.13. The van der Waals surface area contributed by atoms with Crippen molar-refractivity contribution in [3.05, 3.63) is 36.4 Å². The Hall–Kier alpha value is -2.23. The van der Waals surface area contributed by atoms with Crippen molar-refractivity contribution >= 4 is 12.1 Å². The predicted molar refractivity (Wildman–Crippen MR) is 77.8 cm³/mol. The fourth-order valence-corrected chi connectivity index (χ4v) is 2.55. The lowest BCUT2D eigenvalue weighted by atomic mass is 10.3. The van der Waals surface area contributed by atoms with Crippen molar-refractivity contribution in [3.63, 3.8) is 0 Å². The van der Waals surface area contributed by atoms with E-state index in [1.54, 1.807) is 17.1 Å². The third-order valence-corrected chi connectivity index (χ3v) is 3.70. The summed E-state index contributed by atoms with van der Waals surface area (Å²) < 4.78 is 16.8. The quantitative estimate of drug-likeness (QED) is 0.522. The van der Waals surface area contributed by atoms with E-state index in [-0.39, 0.29) is 29.0 Å². The van der Waals surface area contributed by atoms with Crippen LogP contribution in [0.1, 0.15) is 11.4 Å². The summed E-state index contributed by atoms with van der Waals surface area (Å²) in [6, 6.07) is -0.197. The van der Waals surface area contributed by atoms with Crippen LogP contribution in [0, 0.1) is 0 Å². The van der Waals surface area contributed by atoms with Gasteiger partial charge in [0.1, 0.15) is 25.7 Å². The Morgan fingerprint density at radius 1 is 1.12 bits per heavy atom. The Kier molecular flexibility index (Phi) is 6.07. The molecule has 0 unspecified atom stereocenters. The van der Waals surface area contributed by atoms with Crippen molar-refractivity contribution in [1.29, 1.82) is 0 Å². The number of halogens is 2. The van der Waals surface area contributed by atoms with Gasteiger partial charge in [-0.25, -0.2) is 23.5 Å². The van der Waals surface area contributed by atoms with Crippen molar-refractivity contribution in [2.45, 2.75) is 19.4 Å². The molecule has 130 valence electrons. The fourth-order valence-electron chi connectivity index (χ4n) is 2.55. The van der Waals surface area contributed by atoms with Gasteiger partial charge in [-0.1, -0.05) is 0 Å². The van der Waals surface area contributed by atoms with Crippen molar-refractivity contribution in [2.24, 2.45) is 0 Å². The highest BCUT2D eigenvalue weighted by Crippen LogP contribution is 2.03. The molecule has 2 aromatic rings. The third-order valence-electron chi connectivity index (χ3n) is 3.70. The summed E-state index contributed by atoms with van der Waals surface area (Å²) in [6.07, 6.45) is 8.39. The zero-order valence-corrected chi connectivity index (χ0v) is 14.5. The number of carbonyl (C=O) groups is 2. The molecule has 0 aliphatic carbocycles. The molecule has 0 aromatic carbocycles. The minimum absolute atomic E-state index is 0. The zero-order chi connectivity index (χ0) is 16.2. The third kappa shape index (κ3) is 3.81. The number of fused-ring (bicyclic) bond motifs is 2. The van der Waals surface area contributed by atoms with E-state index in [4.69, 9.17) is 0 Å². The number of carbonyl (C=O) groups excluding carboxylic acids is 2. The number of nitrogens with zero attached hydrogens (tertiary/aromatic N) is 4. The van der Waals surface area contributed by atoms with Crippen LogP contribution in [0.15, 0.2) is 25.0 Å². The van der Waals surface area contributed by atoms with E-state index in [1.165, 1.54) is 15.5 Å². The second-order valence-corrected chi connectivity index (χ2v) is 5.25. The van der Waals surface area contributed by atoms with Gasteiger partial charge < -0.3 is 27.6 Å². The molecule has 0 fully saturated rings. The molecule has 2 aliphatic heterocycles. The second kappa shape index (κ2) is 8.04. The van der Waals surface area contributed by atoms with E-state index in [9.17, 15) is 14.0 Å². The molecule has 2 aromatic heterocycles. The maximum absolute atomic E-state index is 12.0. The summed E-state index contributed by atoms with van der Waals surface area (Å²) in [5.41, 5.74) is 1.93. The van der Waals surface area contributed by atoms with Crippen LogP contribution < -0.4 is 32.2 Å². The van der Waals surface area contributed by atoms with Gasteiger partial charge in [0.25, 0.3) is 6.33 Å². The number of aromatic nitrogens is 4. The Morgan fingerprint density at radius 3 is 2.42 bits per heavy atom. The van der Waals surface area contributed by atoms with Gasteiger partial charge in [0.05, 0.1) is 0 Å². The molecular weight excluding hydrogens is 383 g/mol. The molecule has 0 radical (unpaired) electrons. The molecule has 0 bridgehead atoms. The van der Waals surface area contributed by atoms with E-state index in [1.807, 2.05) is 6.20 Å². The van der Waals surface area contributed by atoms with Crippen molar-refractivity contribution in [1.82, 2.24) is 24.8 Å². The number of rotatable bonds is 2. The van der Waals surface area contributed by atoms with Crippen LogP contribution >= 0.6 is 0 Å². The standard InChI is InChI=1S/C8H10FN3O.C6H7N3O.BrH/c9-2-4-11-5-7-1-3-10-8(13)12(7)6-11;10-6-8-2-1-5-3-7-4-9(5)6;/h5-6H,1-4H2;3-4H,1-2H2,(H,8,10);1H. The molecular formula is C14H18BrFN6O2. The zero-order valence-electron chi connectivity index (χ0n) is 12.9. The average Bonchev–Trinajstić information content (AvgIpc) is 3.16. The molecule has 2 amide bonds. The molecule has 10 heteroatoms. The number of amides is 2. The number of hydrogen-bond acceptors (Lipinski definition) is 3. The summed E-state index contributed by atoms with van der Waals surface area (Å²) in [4.78, 5) is 26.1. The summed E-state index contributed by atoms with van der Waals surface area (Å²) in [6.45, 7) is 1.30. The van der Waals surface area contributed by atoms with E-state index < -0.39 is 6.67 Å². The first-order valence-electron chi connectivity index (χ1n) is 7.43. The maximum Gasteiger partial charge on any atom is 0.413 e. The highest BCUT2D eigenvalue weighted by molar-refractivity contribution is 5.78. The number of imidazole rings is 2. The van der Waals surface area contributed by atoms with Gasteiger partial charge in [0.2, 0.25) is 0 Å². The van der Waals surface area contributed by atoms with Gasteiger partial charge in [-0.3, -0.25) is 4.57 Å². The second-order valence-electron chi connectivity index (χ2n) is 5.25. The Balaban J connectivity index is 0.000000172. The summed E-state index contributed by atoms with van der Waals surface area (Å²) in [5, 5.41) is 5.42. The van der Waals surface area contributed by atoms with Crippen molar-refractivity contribution in [3.8, 4) is 0 Å². The lowest BCUT2D eigenvalue weighted by Crippen LogP contribution is -3.00. The van der Waals surface area contributed by atoms with Crippen molar-refractivity contribution in [2.75, 3.05) is 19.8 Å². The minimum atomic E-state index is -0.407. The number of aryl methyl sites for hydroxylation is 1. The summed E-state index contributed by atoms with van der Waals surface area (Å²) >= 11 is 0. The van der Waals surface area contributed by atoms with E-state index in [2.05, 4.69) is 15.6 Å². The Labute approximate surface area is 148 Å². The minimum Gasteiger partial charge on any atom is -1.00 e. The number of hydrogen-bond donors (Lipinski definition) is 2. The van der Waals surface area contributed by atoms with Gasteiger partial charge in [0.15, 0.2) is 5.69 Å². The van der Waals surface area contributed by atoms with Crippen LogP contribution in [-0.2, 0) is 19.4 Å². The first kappa shape index (κ1) is 18.1. The topological polar surface area (TPSA) is 84.8 Å². The van der Waals surface area contributed by atoms with Crippen LogP contribution in [-0.4, -0.2) is 45.9 Å². The van der Waals surface area contributed by atoms with Crippen LogP contribution in [0.25, 0.3) is 0 Å². The molecule has 0 spiro atoms. The Bertz CT molecular complexity index is 729. The molecule has 2 N–H and O–H groups in total. The number of alkyl halides is 1. The summed E-state index contributed by atoms with van der Waals surface area (Å²) in [7, 11) is 0. The first-order valence-corrected chi connectivity index (χ1v) is 7.43. The molecule has 0 saturated heterocycles. The molecule has 2 aliphatic rings. The van der Waals surface area contributed by atoms with Crippen LogP contribution in [0.4, 0.5) is 14.0 Å². The molecule has 24 heavy (non-hydrogen) atoms. The molecule has 4 rings (SSSR count). The van der Waals surface area contributed by atoms with Crippen molar-refractivity contribution < 1.29 is 35.5 Å². The van der Waals surface area contributed by atoms with Gasteiger partial charge in [-0.05, 0) is 0 Å². The van der Waals surface area contributed by atoms with E-state index in [0.717, 1.165) is 30.8 Å². The molecule has 8 nitrogen and oxygen atoms in total. The lowest BCUT2D eigenvalue weighted by molar-refractivity contribution is -0.696. The van der Waals surface area contributed by atoms with Gasteiger partial charge in [-0.2, -0.15) is 0 Å². The molecule has 4 heterocycles. The van der Waals surface area contributed by atoms with Gasteiger partial charge in [0, 0.05) is 37.8 Å².